The molecule has 50 valence electrons. The van der Waals surface area contributed by atoms with Crippen molar-refractivity contribution >= 4 is 31.7 Å². The average Bonchev–Trinajstić information content (AvgIpc) is 1.67. The van der Waals surface area contributed by atoms with Gasteiger partial charge in [0.05, 0.1) is 0 Å². The fourth-order valence-corrected chi connectivity index (χ4v) is 2.11. The molecular weight excluding hydrogens is 170 g/mol. The molecule has 3 nitrogen and oxygen atoms in total. The van der Waals surface area contributed by atoms with Crippen molar-refractivity contribution in [2.24, 2.45) is 0 Å². The van der Waals surface area contributed by atoms with Gasteiger partial charge in [-0.25, -0.2) is 13.1 Å². The average molecular weight is 176 g/mol. The van der Waals surface area contributed by atoms with Crippen LogP contribution in [0.4, 0.5) is 0 Å². The molecule has 0 spiro atoms. The first-order valence-corrected chi connectivity index (χ1v) is 5.23. The van der Waals surface area contributed by atoms with Crippen LogP contribution >= 0.6 is 21.7 Å². The molecule has 0 unspecified atom stereocenters. The summed E-state index contributed by atoms with van der Waals surface area (Å²) in [4.78, 5) is 0. The molecule has 0 aliphatic heterocycles. The van der Waals surface area contributed by atoms with Crippen molar-refractivity contribution in [3.8, 4) is 0 Å². The van der Waals surface area contributed by atoms with Crippen LogP contribution in [0, 0.1) is 0 Å². The highest BCUT2D eigenvalue weighted by molar-refractivity contribution is 8.27. The molecule has 6 heteroatoms. The molecule has 0 saturated carbocycles. The molecule has 0 bridgehead atoms. The monoisotopic (exact) mass is 175 g/mol. The van der Waals surface area contributed by atoms with E-state index >= 15 is 0 Å². The van der Waals surface area contributed by atoms with Crippen LogP contribution in [-0.4, -0.2) is 20.6 Å². The van der Waals surface area contributed by atoms with Crippen LogP contribution in [0.25, 0.3) is 0 Å². The van der Waals surface area contributed by atoms with Crippen LogP contribution < -0.4 is 4.72 Å². The number of hydrogen-bond donors (Lipinski definition) is 1. The molecule has 0 amide bonds. The third-order valence-electron chi connectivity index (χ3n) is 0.511. The minimum atomic E-state index is -3.09. The van der Waals surface area contributed by atoms with Gasteiger partial charge in [0.25, 0.3) is 0 Å². The molecular formula is C2H6ClNO2S2. The van der Waals surface area contributed by atoms with Gasteiger partial charge in [-0.1, -0.05) is 0 Å². The lowest BCUT2D eigenvalue weighted by Crippen LogP contribution is -2.19. The van der Waals surface area contributed by atoms with Gasteiger partial charge in [-0.3, -0.25) is 0 Å². The first kappa shape index (κ1) is 8.55. The predicted molar refractivity (Wildman–Crippen MR) is 36.3 cm³/mol. The van der Waals surface area contributed by atoms with Crippen molar-refractivity contribution in [3.63, 3.8) is 0 Å². The second kappa shape index (κ2) is 3.55. The van der Waals surface area contributed by atoms with Gasteiger partial charge in [-0.05, 0) is 28.7 Å². The van der Waals surface area contributed by atoms with Gasteiger partial charge in [0.15, 0.2) is 0 Å². The maximum atomic E-state index is 10.4. The molecule has 0 fully saturated rings. The van der Waals surface area contributed by atoms with Crippen LogP contribution in [0.3, 0.4) is 0 Å². The van der Waals surface area contributed by atoms with Gasteiger partial charge in [0, 0.05) is 0 Å². The van der Waals surface area contributed by atoms with Gasteiger partial charge < -0.3 is 0 Å². The van der Waals surface area contributed by atoms with Crippen LogP contribution in [0.1, 0.15) is 0 Å². The molecule has 1 N–H and O–H groups in total. The fourth-order valence-electron chi connectivity index (χ4n) is 0.118. The lowest BCUT2D eigenvalue weighted by Gasteiger charge is -1.94. The molecule has 0 heterocycles. The minimum Gasteiger partial charge on any atom is -0.218 e. The molecule has 0 radical (unpaired) electrons. The van der Waals surface area contributed by atoms with E-state index in [1.54, 1.807) is 0 Å². The van der Waals surface area contributed by atoms with Crippen LogP contribution in [0.15, 0.2) is 0 Å². The summed E-state index contributed by atoms with van der Waals surface area (Å²) in [5, 5.41) is -0.0922. The van der Waals surface area contributed by atoms with Crippen molar-refractivity contribution < 1.29 is 8.42 Å². The third-order valence-corrected chi connectivity index (χ3v) is 3.53. The van der Waals surface area contributed by atoms with E-state index in [2.05, 4.69) is 4.72 Å². The Hall–Kier alpha value is 0.550. The van der Waals surface area contributed by atoms with Crippen molar-refractivity contribution in [1.29, 1.82) is 0 Å². The summed E-state index contributed by atoms with van der Waals surface area (Å²) < 4.78 is 22.9. The Bertz CT molecular complexity index is 142. The van der Waals surface area contributed by atoms with Gasteiger partial charge in [-0.15, -0.1) is 0 Å². The Balaban J connectivity index is 3.76. The maximum absolute atomic E-state index is 10.4. The summed E-state index contributed by atoms with van der Waals surface area (Å²) in [6, 6.07) is 0. The number of hydrogen-bond acceptors (Lipinski definition) is 3. The molecule has 8 heavy (non-hydrogen) atoms. The lowest BCUT2D eigenvalue weighted by molar-refractivity contribution is 0.593. The molecule has 0 aromatic carbocycles. The summed E-state index contributed by atoms with van der Waals surface area (Å²) in [6.45, 7) is 0. The molecule has 0 saturated heterocycles. The lowest BCUT2D eigenvalue weighted by atomic mass is 11.6. The normalized spacial score (nSPS) is 11.8. The summed E-state index contributed by atoms with van der Waals surface area (Å²) in [5.41, 5.74) is 0. The van der Waals surface area contributed by atoms with Crippen molar-refractivity contribution in [3.05, 3.63) is 0 Å². The van der Waals surface area contributed by atoms with E-state index in [-0.39, 0.29) is 5.08 Å². The SMILES string of the molecule is CNS(=O)(=O)CSCl. The molecule has 0 aromatic heterocycles. The van der Waals surface area contributed by atoms with E-state index in [9.17, 15) is 8.42 Å². The highest BCUT2D eigenvalue weighted by Crippen LogP contribution is 2.07. The standard InChI is InChI=1S/C2H6ClNO2S2/c1-4-8(5,6)2-7-3/h4H,2H2,1H3. The Kier molecular flexibility index (Phi) is 3.80. The van der Waals surface area contributed by atoms with E-state index < -0.39 is 10.0 Å². The third kappa shape index (κ3) is 3.54. The Morgan fingerprint density at radius 3 is 2.38 bits per heavy atom. The number of sulfonamides is 1. The van der Waals surface area contributed by atoms with Gasteiger partial charge in [0.2, 0.25) is 10.0 Å². The number of rotatable bonds is 3. The minimum absolute atomic E-state index is 0.0922. The second-order valence-corrected chi connectivity index (χ2v) is 4.50. The molecule has 0 atom stereocenters. The molecule has 0 aliphatic carbocycles. The summed E-state index contributed by atoms with van der Waals surface area (Å²) in [7, 11) is 4.08. The van der Waals surface area contributed by atoms with Crippen molar-refractivity contribution in [1.82, 2.24) is 4.72 Å². The largest absolute Gasteiger partial charge is 0.221 e. The number of nitrogens with one attached hydrogen (secondary N) is 1. The van der Waals surface area contributed by atoms with Crippen LogP contribution in [-0.2, 0) is 10.0 Å². The smallest absolute Gasteiger partial charge is 0.218 e. The van der Waals surface area contributed by atoms with Crippen LogP contribution in [0.5, 0.6) is 0 Å². The zero-order valence-electron chi connectivity index (χ0n) is 4.22. The molecule has 0 aromatic rings. The van der Waals surface area contributed by atoms with E-state index in [1.165, 1.54) is 7.05 Å². The fraction of sp³-hybridized carbons (Fsp3) is 1.00. The maximum Gasteiger partial charge on any atom is 0.221 e. The highest BCUT2D eigenvalue weighted by atomic mass is 35.7. The zero-order chi connectivity index (χ0) is 6.62. The topological polar surface area (TPSA) is 46.2 Å². The Labute approximate surface area is 57.3 Å². The van der Waals surface area contributed by atoms with Crippen molar-refractivity contribution in [2.45, 2.75) is 0 Å². The predicted octanol–water partition coefficient (Wildman–Crippen LogP) is 0.380. The Morgan fingerprint density at radius 2 is 2.25 bits per heavy atom. The zero-order valence-corrected chi connectivity index (χ0v) is 6.61. The van der Waals surface area contributed by atoms with E-state index in [0.29, 0.717) is 0 Å². The van der Waals surface area contributed by atoms with Crippen molar-refractivity contribution in [2.75, 3.05) is 12.1 Å². The van der Waals surface area contributed by atoms with Gasteiger partial charge >= 0.3 is 0 Å². The Morgan fingerprint density at radius 1 is 1.75 bits per heavy atom. The van der Waals surface area contributed by atoms with Crippen LogP contribution in [0.2, 0.25) is 0 Å². The molecule has 0 aliphatic rings. The van der Waals surface area contributed by atoms with E-state index in [4.69, 9.17) is 10.7 Å². The summed E-state index contributed by atoms with van der Waals surface area (Å²) >= 11 is 0. The quantitative estimate of drug-likeness (QED) is 0.675. The second-order valence-electron chi connectivity index (χ2n) is 1.05. The van der Waals surface area contributed by atoms with E-state index in [0.717, 1.165) is 11.0 Å². The first-order chi connectivity index (χ1) is 3.62. The number of halogens is 1. The van der Waals surface area contributed by atoms with Gasteiger partial charge in [-0.2, -0.15) is 0 Å². The summed E-state index contributed by atoms with van der Waals surface area (Å²) in [6.07, 6.45) is 0. The first-order valence-electron chi connectivity index (χ1n) is 1.77. The van der Waals surface area contributed by atoms with Gasteiger partial charge in [0.1, 0.15) is 5.08 Å². The molecule has 0 rings (SSSR count). The van der Waals surface area contributed by atoms with E-state index in [1.807, 2.05) is 0 Å². The highest BCUT2D eigenvalue weighted by Gasteiger charge is 2.03. The summed E-state index contributed by atoms with van der Waals surface area (Å²) in [5.74, 6) is 0.